The first-order valence-electron chi connectivity index (χ1n) is 12.3. The van der Waals surface area contributed by atoms with Crippen LogP contribution in [-0.2, 0) is 20.9 Å². The van der Waals surface area contributed by atoms with Crippen LogP contribution in [0.2, 0.25) is 0 Å². The predicted molar refractivity (Wildman–Crippen MR) is 151 cm³/mol. The number of carbonyl (C=O) groups excluding carboxylic acids is 2. The molecular formula is C28H28N6O4S. The first-order chi connectivity index (χ1) is 18.8. The average Bonchev–Trinajstić information content (AvgIpc) is 3.18. The Balaban J connectivity index is 1.48. The second-order valence-electron chi connectivity index (χ2n) is 8.67. The Morgan fingerprint density at radius 1 is 1.21 bits per heavy atom. The molecule has 2 heterocycles. The number of esters is 1. The zero-order valence-corrected chi connectivity index (χ0v) is 22.6. The standard InChI is InChI=1S/C28H28N6O4S/c1-4-37-27(36)25-17(2)31-28(39)32-26(25)20-10-6-8-12-23(20)38-16-24(35)33-30-15-21-18(3)34(14-13-29)22-11-7-5-9-19(21)22/h5-12,15,26H,4,14,16H2,1-3H3,(H,33,35)(H2,31,32,39)/t26-/m1/s1. The zero-order valence-electron chi connectivity index (χ0n) is 21.8. The minimum atomic E-state index is -0.621. The highest BCUT2D eigenvalue weighted by molar-refractivity contribution is 7.80. The zero-order chi connectivity index (χ0) is 27.9. The van der Waals surface area contributed by atoms with Crippen LogP contribution in [0, 0.1) is 18.3 Å². The number of carbonyl (C=O) groups is 2. The Bertz CT molecular complexity index is 1530. The largest absolute Gasteiger partial charge is 0.483 e. The van der Waals surface area contributed by atoms with Gasteiger partial charge >= 0.3 is 5.97 Å². The molecule has 0 saturated carbocycles. The Labute approximate surface area is 231 Å². The Hall–Kier alpha value is -4.69. The lowest BCUT2D eigenvalue weighted by Crippen LogP contribution is -2.45. The molecule has 3 N–H and O–H groups in total. The van der Waals surface area contributed by atoms with Crippen LogP contribution in [0.25, 0.3) is 10.9 Å². The summed E-state index contributed by atoms with van der Waals surface area (Å²) < 4.78 is 13.0. The molecule has 0 fully saturated rings. The maximum absolute atomic E-state index is 12.7. The van der Waals surface area contributed by atoms with E-state index in [1.807, 2.05) is 41.8 Å². The molecule has 4 rings (SSSR count). The number of aromatic nitrogens is 1. The molecule has 1 atom stereocenters. The van der Waals surface area contributed by atoms with Gasteiger partial charge in [-0.15, -0.1) is 0 Å². The fourth-order valence-corrected chi connectivity index (χ4v) is 4.77. The number of nitrogens with zero attached hydrogens (tertiary/aromatic N) is 3. The van der Waals surface area contributed by atoms with Crippen molar-refractivity contribution in [2.45, 2.75) is 33.4 Å². The van der Waals surface area contributed by atoms with Gasteiger partial charge in [0.25, 0.3) is 5.91 Å². The molecule has 0 aliphatic carbocycles. The molecule has 0 saturated heterocycles. The van der Waals surface area contributed by atoms with E-state index in [1.165, 1.54) is 0 Å². The summed E-state index contributed by atoms with van der Waals surface area (Å²) >= 11 is 5.31. The molecule has 1 aliphatic rings. The quantitative estimate of drug-likeness (QED) is 0.162. The van der Waals surface area contributed by atoms with E-state index in [1.54, 1.807) is 38.3 Å². The van der Waals surface area contributed by atoms with Gasteiger partial charge in [0.05, 0.1) is 30.5 Å². The first kappa shape index (κ1) is 27.3. The van der Waals surface area contributed by atoms with Crippen LogP contribution in [0.15, 0.2) is 64.9 Å². The highest BCUT2D eigenvalue weighted by Crippen LogP contribution is 2.33. The molecule has 0 unspecified atom stereocenters. The number of ether oxygens (including phenoxy) is 2. The number of allylic oxidation sites excluding steroid dienone is 1. The Kier molecular flexibility index (Phi) is 8.58. The van der Waals surface area contributed by atoms with Crippen LogP contribution in [0.5, 0.6) is 5.75 Å². The van der Waals surface area contributed by atoms with Gasteiger partial charge in [-0.05, 0) is 45.1 Å². The van der Waals surface area contributed by atoms with Crippen LogP contribution in [-0.4, -0.2) is 41.0 Å². The van der Waals surface area contributed by atoms with Crippen molar-refractivity contribution in [3.8, 4) is 11.8 Å². The van der Waals surface area contributed by atoms with Gasteiger partial charge in [-0.25, -0.2) is 10.2 Å². The van der Waals surface area contributed by atoms with Crippen LogP contribution >= 0.6 is 12.2 Å². The maximum atomic E-state index is 12.7. The van der Waals surface area contributed by atoms with Crippen LogP contribution in [0.1, 0.15) is 36.7 Å². The van der Waals surface area contributed by atoms with Gasteiger partial charge in [-0.1, -0.05) is 36.4 Å². The van der Waals surface area contributed by atoms with Crippen LogP contribution < -0.4 is 20.8 Å². The van der Waals surface area contributed by atoms with E-state index in [0.29, 0.717) is 27.7 Å². The van der Waals surface area contributed by atoms with E-state index in [9.17, 15) is 14.9 Å². The van der Waals surface area contributed by atoms with Crippen molar-refractivity contribution in [1.82, 2.24) is 20.6 Å². The summed E-state index contributed by atoms with van der Waals surface area (Å²) in [6.45, 7) is 5.52. The summed E-state index contributed by atoms with van der Waals surface area (Å²) in [4.78, 5) is 25.3. The predicted octanol–water partition coefficient (Wildman–Crippen LogP) is 3.36. The van der Waals surface area contributed by atoms with E-state index < -0.39 is 17.9 Å². The third-order valence-corrected chi connectivity index (χ3v) is 6.46. The lowest BCUT2D eigenvalue weighted by molar-refractivity contribution is -0.139. The normalized spacial score (nSPS) is 15.0. The third-order valence-electron chi connectivity index (χ3n) is 6.24. The van der Waals surface area contributed by atoms with Crippen molar-refractivity contribution >= 4 is 46.3 Å². The van der Waals surface area contributed by atoms with Gasteiger partial charge in [0.15, 0.2) is 11.7 Å². The highest BCUT2D eigenvalue weighted by atomic mass is 32.1. The summed E-state index contributed by atoms with van der Waals surface area (Å²) in [5.74, 6) is -0.537. The van der Waals surface area contributed by atoms with Gasteiger partial charge in [-0.2, -0.15) is 10.4 Å². The lowest BCUT2D eigenvalue weighted by atomic mass is 9.95. The Morgan fingerprint density at radius 3 is 2.72 bits per heavy atom. The molecule has 10 nitrogen and oxygen atoms in total. The Morgan fingerprint density at radius 2 is 1.95 bits per heavy atom. The van der Waals surface area contributed by atoms with Gasteiger partial charge in [0, 0.05) is 33.4 Å². The molecule has 0 bridgehead atoms. The van der Waals surface area contributed by atoms with E-state index in [-0.39, 0.29) is 19.8 Å². The number of fused-ring (bicyclic) bond motifs is 1. The minimum absolute atomic E-state index is 0.211. The minimum Gasteiger partial charge on any atom is -0.483 e. The fraction of sp³-hybridized carbons (Fsp3) is 0.250. The number of benzene rings is 2. The molecule has 3 aromatic rings. The molecule has 1 aromatic heterocycles. The summed E-state index contributed by atoms with van der Waals surface area (Å²) in [5.41, 5.74) is 6.68. The smallest absolute Gasteiger partial charge is 0.338 e. The van der Waals surface area contributed by atoms with Crippen molar-refractivity contribution < 1.29 is 19.1 Å². The molecule has 0 radical (unpaired) electrons. The number of para-hydroxylation sites is 2. The van der Waals surface area contributed by atoms with Crippen molar-refractivity contribution in [2.24, 2.45) is 5.10 Å². The number of rotatable bonds is 9. The number of hydrogen-bond donors (Lipinski definition) is 3. The second-order valence-corrected chi connectivity index (χ2v) is 9.08. The second kappa shape index (κ2) is 12.2. The topological polar surface area (TPSA) is 130 Å². The van der Waals surface area contributed by atoms with Gasteiger partial charge in [0.1, 0.15) is 12.3 Å². The van der Waals surface area contributed by atoms with E-state index in [4.69, 9.17) is 21.7 Å². The lowest BCUT2D eigenvalue weighted by Gasteiger charge is -2.30. The summed E-state index contributed by atoms with van der Waals surface area (Å²) in [6, 6.07) is 16.3. The summed E-state index contributed by atoms with van der Waals surface area (Å²) in [6.07, 6.45) is 1.57. The molecule has 11 heteroatoms. The molecule has 0 spiro atoms. The summed E-state index contributed by atoms with van der Waals surface area (Å²) in [7, 11) is 0. The van der Waals surface area contributed by atoms with Crippen molar-refractivity contribution in [3.05, 3.63) is 76.6 Å². The summed E-state index contributed by atoms with van der Waals surface area (Å²) in [5, 5.41) is 20.7. The number of nitriles is 1. The van der Waals surface area contributed by atoms with Crippen molar-refractivity contribution in [1.29, 1.82) is 5.26 Å². The number of thiocarbonyl (C=S) groups is 1. The number of hydrogen-bond acceptors (Lipinski definition) is 7. The van der Waals surface area contributed by atoms with Crippen molar-refractivity contribution in [2.75, 3.05) is 13.2 Å². The number of nitrogens with one attached hydrogen (secondary N) is 3. The van der Waals surface area contributed by atoms with Crippen LogP contribution in [0.3, 0.4) is 0 Å². The van der Waals surface area contributed by atoms with Crippen LogP contribution in [0.4, 0.5) is 0 Å². The molecule has 1 aliphatic heterocycles. The molecule has 2 aromatic carbocycles. The van der Waals surface area contributed by atoms with E-state index in [0.717, 1.165) is 22.2 Å². The number of amides is 1. The number of hydrazone groups is 1. The molecule has 200 valence electrons. The maximum Gasteiger partial charge on any atom is 0.338 e. The SMILES string of the molecule is CCOC(=O)C1=C(C)NC(=S)N[C@@H]1c1ccccc1OCC(=O)NN=Cc1c(C)n(CC#N)c2ccccc12. The first-order valence-corrected chi connectivity index (χ1v) is 12.7. The average molecular weight is 545 g/mol. The fourth-order valence-electron chi connectivity index (χ4n) is 4.50. The van der Waals surface area contributed by atoms with Crippen molar-refractivity contribution in [3.63, 3.8) is 0 Å². The molecular weight excluding hydrogens is 516 g/mol. The highest BCUT2D eigenvalue weighted by Gasteiger charge is 2.32. The third kappa shape index (κ3) is 5.91. The van der Waals surface area contributed by atoms with Gasteiger partial charge < -0.3 is 24.7 Å². The molecule has 1 amide bonds. The van der Waals surface area contributed by atoms with E-state index >= 15 is 0 Å². The van der Waals surface area contributed by atoms with Gasteiger partial charge in [0.2, 0.25) is 0 Å². The molecule has 39 heavy (non-hydrogen) atoms. The van der Waals surface area contributed by atoms with Gasteiger partial charge in [-0.3, -0.25) is 4.79 Å². The monoisotopic (exact) mass is 544 g/mol. The van der Waals surface area contributed by atoms with E-state index in [2.05, 4.69) is 27.2 Å².